The van der Waals surface area contributed by atoms with E-state index in [1.165, 1.54) is 0 Å². The van der Waals surface area contributed by atoms with Crippen molar-refractivity contribution in [2.24, 2.45) is 16.0 Å². The molecule has 146 valence electrons. The number of rotatable bonds is 7. The Balaban J connectivity index is 6.73. The minimum Gasteiger partial charge on any atom is -0.464 e. The standard InChI is InChI=1S/C18H37NO4Si2/c1-12-21-15(20)18(17(5,6)7,22-24(8)9)14(16(2,3)4)13-19-23-25(10)11/h24-25H,12H2,1-11H3. The van der Waals surface area contributed by atoms with E-state index in [1.807, 2.05) is 54.6 Å². The third kappa shape index (κ3) is 6.40. The first-order valence-electron chi connectivity index (χ1n) is 9.05. The molecule has 25 heavy (non-hydrogen) atoms. The highest BCUT2D eigenvalue weighted by Crippen LogP contribution is 2.47. The summed E-state index contributed by atoms with van der Waals surface area (Å²) in [6, 6.07) is 0. The quantitative estimate of drug-likeness (QED) is 0.288. The van der Waals surface area contributed by atoms with Gasteiger partial charge < -0.3 is 13.7 Å². The van der Waals surface area contributed by atoms with Gasteiger partial charge in [-0.1, -0.05) is 46.7 Å². The van der Waals surface area contributed by atoms with Crippen molar-refractivity contribution >= 4 is 29.9 Å². The molecular weight excluding hydrogens is 350 g/mol. The Hall–Kier alpha value is -0.886. The summed E-state index contributed by atoms with van der Waals surface area (Å²) in [6.07, 6.45) is 0. The average Bonchev–Trinajstić information content (AvgIpc) is 2.38. The Morgan fingerprint density at radius 2 is 1.52 bits per heavy atom. The van der Waals surface area contributed by atoms with E-state index in [0.717, 1.165) is 0 Å². The normalized spacial score (nSPS) is 14.8. The van der Waals surface area contributed by atoms with Gasteiger partial charge in [0.05, 0.1) is 6.61 Å². The molecule has 0 aliphatic heterocycles. The Kier molecular flexibility index (Phi) is 8.84. The zero-order chi connectivity index (χ0) is 20.1. The van der Waals surface area contributed by atoms with Crippen LogP contribution >= 0.6 is 0 Å². The number of nitrogens with zero attached hydrogens (tertiary/aromatic N) is 1. The summed E-state index contributed by atoms with van der Waals surface area (Å²) in [5.41, 5.74) is -1.50. The van der Waals surface area contributed by atoms with E-state index in [-0.39, 0.29) is 5.97 Å². The molecule has 0 bridgehead atoms. The lowest BCUT2D eigenvalue weighted by Crippen LogP contribution is -2.59. The van der Waals surface area contributed by atoms with Crippen molar-refractivity contribution in [3.8, 4) is 0 Å². The summed E-state index contributed by atoms with van der Waals surface area (Å²) in [6.45, 7) is 22.3. The van der Waals surface area contributed by atoms with Crippen LogP contribution in [-0.4, -0.2) is 42.1 Å². The minimum absolute atomic E-state index is 0.295. The van der Waals surface area contributed by atoms with E-state index in [9.17, 15) is 4.79 Å². The van der Waals surface area contributed by atoms with E-state index in [4.69, 9.17) is 13.7 Å². The van der Waals surface area contributed by atoms with Crippen LogP contribution in [0.3, 0.4) is 0 Å². The molecule has 0 aliphatic carbocycles. The summed E-state index contributed by atoms with van der Waals surface area (Å²) >= 11 is 0. The van der Waals surface area contributed by atoms with Gasteiger partial charge in [-0.25, -0.2) is 4.79 Å². The van der Waals surface area contributed by atoms with Crippen LogP contribution in [0.1, 0.15) is 48.5 Å². The molecule has 0 fully saturated rings. The zero-order valence-electron chi connectivity index (χ0n) is 17.9. The van der Waals surface area contributed by atoms with E-state index < -0.39 is 34.5 Å². The number of ether oxygens (including phenoxy) is 1. The molecule has 0 saturated carbocycles. The number of hydrogen-bond acceptors (Lipinski definition) is 5. The Morgan fingerprint density at radius 1 is 1.00 bits per heavy atom. The smallest absolute Gasteiger partial charge is 0.343 e. The highest BCUT2D eigenvalue weighted by Gasteiger charge is 2.57. The molecule has 0 aliphatic rings. The second kappa shape index (κ2) is 9.17. The molecule has 5 nitrogen and oxygen atoms in total. The Morgan fingerprint density at radius 3 is 1.84 bits per heavy atom. The van der Waals surface area contributed by atoms with Crippen LogP contribution in [0.2, 0.25) is 26.2 Å². The van der Waals surface area contributed by atoms with E-state index in [0.29, 0.717) is 12.2 Å². The van der Waals surface area contributed by atoms with Crippen molar-refractivity contribution in [3.05, 3.63) is 5.57 Å². The van der Waals surface area contributed by atoms with Crippen LogP contribution in [-0.2, 0) is 18.5 Å². The monoisotopic (exact) mass is 387 g/mol. The SMILES string of the molecule is CCOC(=O)C(O[SiH](C)C)(C(=C=NO[SiH](C)C)C(C)(C)C)C(C)(C)C. The zero-order valence-corrected chi connectivity index (χ0v) is 20.3. The first-order valence-corrected chi connectivity index (χ1v) is 14.6. The molecule has 0 aromatic carbocycles. The topological polar surface area (TPSA) is 57.1 Å². The molecule has 0 saturated heterocycles. The maximum absolute atomic E-state index is 13.2. The van der Waals surface area contributed by atoms with Crippen LogP contribution in [0.25, 0.3) is 0 Å². The van der Waals surface area contributed by atoms with Gasteiger partial charge in [-0.3, -0.25) is 0 Å². The van der Waals surface area contributed by atoms with Gasteiger partial charge in [-0.15, -0.1) is 0 Å². The third-order valence-electron chi connectivity index (χ3n) is 3.55. The highest BCUT2D eigenvalue weighted by molar-refractivity contribution is 6.49. The molecule has 0 radical (unpaired) electrons. The highest BCUT2D eigenvalue weighted by atomic mass is 28.3. The van der Waals surface area contributed by atoms with E-state index in [1.54, 1.807) is 6.92 Å². The van der Waals surface area contributed by atoms with Crippen LogP contribution in [0, 0.1) is 10.8 Å². The first-order chi connectivity index (χ1) is 11.2. The molecule has 0 aromatic heterocycles. The number of hydrogen-bond donors (Lipinski definition) is 0. The number of carbonyl (C=O) groups is 1. The molecule has 1 atom stereocenters. The molecule has 0 N–H and O–H groups in total. The molecule has 0 amide bonds. The number of carbonyl (C=O) groups excluding carboxylic acids is 1. The molecule has 0 rings (SSSR count). The summed E-state index contributed by atoms with van der Waals surface area (Å²) < 4.78 is 17.3. The molecular formula is C18H37NO4Si2. The van der Waals surface area contributed by atoms with Crippen LogP contribution in [0.4, 0.5) is 0 Å². The molecule has 0 aromatic rings. The predicted molar refractivity (Wildman–Crippen MR) is 109 cm³/mol. The molecule has 0 spiro atoms. The van der Waals surface area contributed by atoms with Crippen molar-refractivity contribution in [3.63, 3.8) is 0 Å². The second-order valence-electron chi connectivity index (χ2n) is 8.80. The van der Waals surface area contributed by atoms with Crippen molar-refractivity contribution in [2.45, 2.75) is 80.3 Å². The molecule has 1 unspecified atom stereocenters. The van der Waals surface area contributed by atoms with Crippen LogP contribution in [0.5, 0.6) is 0 Å². The van der Waals surface area contributed by atoms with Gasteiger partial charge in [-0.05, 0) is 38.5 Å². The van der Waals surface area contributed by atoms with Crippen molar-refractivity contribution in [1.82, 2.24) is 0 Å². The molecule has 7 heteroatoms. The lowest BCUT2D eigenvalue weighted by Gasteiger charge is -2.47. The van der Waals surface area contributed by atoms with Crippen molar-refractivity contribution in [1.29, 1.82) is 0 Å². The lowest BCUT2D eigenvalue weighted by molar-refractivity contribution is -0.169. The van der Waals surface area contributed by atoms with Crippen molar-refractivity contribution in [2.75, 3.05) is 6.61 Å². The molecule has 0 heterocycles. The third-order valence-corrected chi connectivity index (χ3v) is 4.91. The minimum atomic E-state index is -1.59. The summed E-state index contributed by atoms with van der Waals surface area (Å²) in [5, 5.41) is 4.07. The fourth-order valence-corrected chi connectivity index (χ4v) is 4.14. The van der Waals surface area contributed by atoms with Crippen LogP contribution < -0.4 is 0 Å². The Labute approximate surface area is 157 Å². The van der Waals surface area contributed by atoms with E-state index in [2.05, 4.69) is 24.1 Å². The summed E-state index contributed by atoms with van der Waals surface area (Å²) in [4.78, 5) is 13.2. The maximum Gasteiger partial charge on any atom is 0.343 e. The largest absolute Gasteiger partial charge is 0.464 e. The maximum atomic E-state index is 13.2. The average molecular weight is 388 g/mol. The fraction of sp³-hybridized carbons (Fsp3) is 0.833. The van der Waals surface area contributed by atoms with Gasteiger partial charge >= 0.3 is 5.97 Å². The van der Waals surface area contributed by atoms with Gasteiger partial charge in [0.2, 0.25) is 0 Å². The fourth-order valence-electron chi connectivity index (χ4n) is 2.61. The lowest BCUT2D eigenvalue weighted by atomic mass is 9.65. The Bertz CT molecular complexity index is 512. The van der Waals surface area contributed by atoms with Gasteiger partial charge in [0.1, 0.15) is 0 Å². The first kappa shape index (κ1) is 24.1. The van der Waals surface area contributed by atoms with E-state index >= 15 is 0 Å². The van der Waals surface area contributed by atoms with Gasteiger partial charge in [-0.2, -0.15) is 0 Å². The van der Waals surface area contributed by atoms with Crippen LogP contribution in [0.15, 0.2) is 10.7 Å². The van der Waals surface area contributed by atoms with Gasteiger partial charge in [0.25, 0.3) is 9.04 Å². The predicted octanol–water partition coefficient (Wildman–Crippen LogP) is 3.89. The number of esters is 1. The van der Waals surface area contributed by atoms with Crippen molar-refractivity contribution < 1.29 is 18.5 Å². The second-order valence-corrected chi connectivity index (χ2v) is 13.4. The summed E-state index contributed by atoms with van der Waals surface area (Å²) in [7, 11) is -2.93. The summed E-state index contributed by atoms with van der Waals surface area (Å²) in [5.74, 6) is 2.66. The van der Waals surface area contributed by atoms with Gasteiger partial charge in [0.15, 0.2) is 14.6 Å². The van der Waals surface area contributed by atoms with Gasteiger partial charge in [0, 0.05) is 16.9 Å².